The number of piperidine rings is 1. The molecule has 30 heavy (non-hydrogen) atoms. The molecule has 7 heteroatoms. The highest BCUT2D eigenvalue weighted by Gasteiger charge is 2.65. The highest BCUT2D eigenvalue weighted by Crippen LogP contribution is 2.58. The Labute approximate surface area is 179 Å². The molecule has 4 fully saturated rings. The second-order valence-corrected chi connectivity index (χ2v) is 9.76. The van der Waals surface area contributed by atoms with Gasteiger partial charge < -0.3 is 19.4 Å². The van der Waals surface area contributed by atoms with E-state index >= 15 is 0 Å². The molecule has 0 bridgehead atoms. The molecule has 1 amide bonds. The van der Waals surface area contributed by atoms with Gasteiger partial charge in [0.25, 0.3) is 0 Å². The first-order valence-corrected chi connectivity index (χ1v) is 11.8. The molecule has 4 aliphatic rings. The molecule has 164 valence electrons. The summed E-state index contributed by atoms with van der Waals surface area (Å²) in [6.07, 6.45) is 9.18. The fourth-order valence-electron chi connectivity index (χ4n) is 6.53. The lowest BCUT2D eigenvalue weighted by molar-refractivity contribution is -0.142. The highest BCUT2D eigenvalue weighted by atomic mass is 16.5. The Morgan fingerprint density at radius 3 is 2.47 bits per heavy atom. The van der Waals surface area contributed by atoms with Crippen LogP contribution >= 0.6 is 0 Å². The summed E-state index contributed by atoms with van der Waals surface area (Å²) in [7, 11) is 0. The Balaban J connectivity index is 1.36. The molecular formula is C23H35N5O2. The van der Waals surface area contributed by atoms with Crippen molar-refractivity contribution in [2.45, 2.75) is 39.0 Å². The van der Waals surface area contributed by atoms with E-state index < -0.39 is 0 Å². The summed E-state index contributed by atoms with van der Waals surface area (Å²) < 4.78 is 5.54. The summed E-state index contributed by atoms with van der Waals surface area (Å²) in [6, 6.07) is 1.86. The van der Waals surface area contributed by atoms with Crippen LogP contribution in [0.5, 0.6) is 0 Å². The van der Waals surface area contributed by atoms with E-state index in [2.05, 4.69) is 31.6 Å². The summed E-state index contributed by atoms with van der Waals surface area (Å²) in [5.74, 6) is 1.92. The lowest BCUT2D eigenvalue weighted by Crippen LogP contribution is -2.53. The van der Waals surface area contributed by atoms with E-state index in [0.29, 0.717) is 5.91 Å². The van der Waals surface area contributed by atoms with Crippen LogP contribution in [0.1, 0.15) is 39.0 Å². The van der Waals surface area contributed by atoms with Gasteiger partial charge in [-0.25, -0.2) is 9.97 Å². The van der Waals surface area contributed by atoms with Crippen LogP contribution in [-0.4, -0.2) is 84.7 Å². The number of carbonyl (C=O) groups is 1. The number of amides is 1. The zero-order valence-corrected chi connectivity index (χ0v) is 18.3. The standard InChI is InChI=1S/C23H35N5O2/c1-2-27-13-8-23(20(27)29)18-28(21-24-9-3-10-25-21)17-22(23)6-11-26(12-7-22)16-19-4-14-30-15-5-19/h3,9-10,19H,2,4-8,11-18H2,1H3/t23-/m1/s1. The van der Waals surface area contributed by atoms with Crippen molar-refractivity contribution in [3.8, 4) is 0 Å². The number of anilines is 1. The molecular weight excluding hydrogens is 378 g/mol. The topological polar surface area (TPSA) is 61.8 Å². The fourth-order valence-corrected chi connectivity index (χ4v) is 6.53. The average molecular weight is 414 g/mol. The van der Waals surface area contributed by atoms with Crippen molar-refractivity contribution in [3.63, 3.8) is 0 Å². The van der Waals surface area contributed by atoms with Crippen LogP contribution in [0.2, 0.25) is 0 Å². The fraction of sp³-hybridized carbons (Fsp3) is 0.783. The van der Waals surface area contributed by atoms with Gasteiger partial charge in [-0.1, -0.05) is 0 Å². The number of aromatic nitrogens is 2. The van der Waals surface area contributed by atoms with Gasteiger partial charge in [0.05, 0.1) is 5.41 Å². The van der Waals surface area contributed by atoms with Gasteiger partial charge in [-0.3, -0.25) is 4.79 Å². The molecule has 4 aliphatic heterocycles. The first kappa shape index (κ1) is 20.2. The number of ether oxygens (including phenoxy) is 1. The molecule has 0 aromatic carbocycles. The normalized spacial score (nSPS) is 30.1. The first-order valence-electron chi connectivity index (χ1n) is 11.8. The van der Waals surface area contributed by atoms with E-state index in [1.165, 1.54) is 19.4 Å². The second-order valence-electron chi connectivity index (χ2n) is 9.76. The lowest BCUT2D eigenvalue weighted by atomic mass is 9.60. The van der Waals surface area contributed by atoms with E-state index in [1.807, 2.05) is 18.5 Å². The molecule has 0 unspecified atom stereocenters. The van der Waals surface area contributed by atoms with E-state index in [1.54, 1.807) is 0 Å². The van der Waals surface area contributed by atoms with Gasteiger partial charge in [0.15, 0.2) is 0 Å². The van der Waals surface area contributed by atoms with Crippen molar-refractivity contribution in [1.82, 2.24) is 19.8 Å². The monoisotopic (exact) mass is 413 g/mol. The molecule has 0 N–H and O–H groups in total. The minimum Gasteiger partial charge on any atom is -0.381 e. The Hall–Kier alpha value is -1.73. The largest absolute Gasteiger partial charge is 0.381 e. The Bertz CT molecular complexity index is 745. The van der Waals surface area contributed by atoms with Gasteiger partial charge in [0.2, 0.25) is 11.9 Å². The SMILES string of the molecule is CCN1CC[C@@]2(CN(c3ncccn3)CC23CCN(CC2CCOCC2)CC3)C1=O. The second kappa shape index (κ2) is 8.08. The van der Waals surface area contributed by atoms with Gasteiger partial charge in [0, 0.05) is 63.7 Å². The number of hydrogen-bond donors (Lipinski definition) is 0. The van der Waals surface area contributed by atoms with Gasteiger partial charge in [-0.2, -0.15) is 0 Å². The van der Waals surface area contributed by atoms with Gasteiger partial charge in [-0.05, 0) is 64.1 Å². The van der Waals surface area contributed by atoms with Gasteiger partial charge >= 0.3 is 0 Å². The Kier molecular flexibility index (Phi) is 5.44. The number of likely N-dealkylation sites (tertiary alicyclic amines) is 2. The molecule has 1 aromatic heterocycles. The lowest BCUT2D eigenvalue weighted by Gasteiger charge is -2.47. The summed E-state index contributed by atoms with van der Waals surface area (Å²) in [5.41, 5.74) is -0.230. The minimum atomic E-state index is -0.271. The maximum atomic E-state index is 13.6. The first-order chi connectivity index (χ1) is 14.7. The van der Waals surface area contributed by atoms with E-state index in [0.717, 1.165) is 83.6 Å². The smallest absolute Gasteiger partial charge is 0.231 e. The average Bonchev–Trinajstić information content (AvgIpc) is 3.29. The summed E-state index contributed by atoms with van der Waals surface area (Å²) in [5, 5.41) is 0. The molecule has 4 saturated heterocycles. The van der Waals surface area contributed by atoms with E-state index in [4.69, 9.17) is 4.74 Å². The van der Waals surface area contributed by atoms with Crippen LogP contribution in [0, 0.1) is 16.7 Å². The van der Waals surface area contributed by atoms with Crippen LogP contribution in [0.4, 0.5) is 5.95 Å². The van der Waals surface area contributed by atoms with Crippen molar-refractivity contribution in [2.75, 3.05) is 63.9 Å². The molecule has 0 saturated carbocycles. The maximum absolute atomic E-state index is 13.6. The molecule has 0 radical (unpaired) electrons. The molecule has 1 atom stereocenters. The van der Waals surface area contributed by atoms with Crippen LogP contribution < -0.4 is 4.90 Å². The third kappa shape index (κ3) is 3.30. The quantitative estimate of drug-likeness (QED) is 0.753. The molecule has 1 aromatic rings. The predicted molar refractivity (Wildman–Crippen MR) is 115 cm³/mol. The third-order valence-corrected chi connectivity index (χ3v) is 8.36. The summed E-state index contributed by atoms with van der Waals surface area (Å²) in [6.45, 7) is 10.7. The molecule has 5 heterocycles. The molecule has 7 nitrogen and oxygen atoms in total. The number of hydrogen-bond acceptors (Lipinski definition) is 6. The van der Waals surface area contributed by atoms with Crippen molar-refractivity contribution in [2.24, 2.45) is 16.7 Å². The zero-order chi connectivity index (χ0) is 20.6. The third-order valence-electron chi connectivity index (χ3n) is 8.36. The number of nitrogens with zero attached hydrogens (tertiary/aromatic N) is 5. The van der Waals surface area contributed by atoms with Crippen LogP contribution in [0.15, 0.2) is 18.5 Å². The number of rotatable bonds is 4. The van der Waals surface area contributed by atoms with Crippen LogP contribution in [-0.2, 0) is 9.53 Å². The summed E-state index contributed by atoms with van der Waals surface area (Å²) >= 11 is 0. The van der Waals surface area contributed by atoms with Crippen molar-refractivity contribution in [3.05, 3.63) is 18.5 Å². The maximum Gasteiger partial charge on any atom is 0.231 e. The molecule has 5 rings (SSSR count). The van der Waals surface area contributed by atoms with Crippen molar-refractivity contribution < 1.29 is 9.53 Å². The zero-order valence-electron chi connectivity index (χ0n) is 18.3. The van der Waals surface area contributed by atoms with Gasteiger partial charge in [0.1, 0.15) is 0 Å². The van der Waals surface area contributed by atoms with E-state index in [-0.39, 0.29) is 10.8 Å². The minimum absolute atomic E-state index is 0.0411. The highest BCUT2D eigenvalue weighted by molar-refractivity contribution is 5.87. The summed E-state index contributed by atoms with van der Waals surface area (Å²) in [4.78, 5) is 29.7. The predicted octanol–water partition coefficient (Wildman–Crippen LogP) is 2.04. The molecule has 0 aliphatic carbocycles. The number of fused-ring (bicyclic) bond motifs is 1. The Morgan fingerprint density at radius 2 is 1.80 bits per heavy atom. The van der Waals surface area contributed by atoms with Crippen LogP contribution in [0.25, 0.3) is 0 Å². The molecule has 2 spiro atoms. The van der Waals surface area contributed by atoms with Crippen LogP contribution in [0.3, 0.4) is 0 Å². The Morgan fingerprint density at radius 1 is 1.07 bits per heavy atom. The van der Waals surface area contributed by atoms with Crippen molar-refractivity contribution >= 4 is 11.9 Å². The van der Waals surface area contributed by atoms with Gasteiger partial charge in [-0.15, -0.1) is 0 Å². The van der Waals surface area contributed by atoms with Crippen molar-refractivity contribution in [1.29, 1.82) is 0 Å². The van der Waals surface area contributed by atoms with E-state index in [9.17, 15) is 4.79 Å². The number of carbonyl (C=O) groups excluding carboxylic acids is 1.